The number of aliphatic hydroxyl groups excluding tert-OH is 1. The van der Waals surface area contributed by atoms with Gasteiger partial charge in [0.05, 0.1) is 12.6 Å². The first-order valence-electron chi connectivity index (χ1n) is 6.05. The van der Waals surface area contributed by atoms with E-state index in [9.17, 15) is 9.90 Å². The predicted molar refractivity (Wildman–Crippen MR) is 66.7 cm³/mol. The molecular weight excluding hydrogens is 218 g/mol. The van der Waals surface area contributed by atoms with Crippen LogP contribution in [-0.4, -0.2) is 40.9 Å². The van der Waals surface area contributed by atoms with Crippen molar-refractivity contribution in [3.05, 3.63) is 11.6 Å². The summed E-state index contributed by atoms with van der Waals surface area (Å²) in [5, 5.41) is 9.39. The van der Waals surface area contributed by atoms with Crippen LogP contribution >= 0.6 is 0 Å². The minimum Gasteiger partial charge on any atom is -0.444 e. The van der Waals surface area contributed by atoms with Crippen LogP contribution < -0.4 is 0 Å². The molecule has 1 N–H and O–H groups in total. The van der Waals surface area contributed by atoms with Gasteiger partial charge >= 0.3 is 6.09 Å². The predicted octanol–water partition coefficient (Wildman–Crippen LogP) is 2.18. The van der Waals surface area contributed by atoms with Gasteiger partial charge in [-0.25, -0.2) is 4.79 Å². The molecule has 0 saturated carbocycles. The molecule has 1 rings (SSSR count). The molecule has 1 saturated heterocycles. The van der Waals surface area contributed by atoms with Crippen LogP contribution in [-0.2, 0) is 4.74 Å². The maximum atomic E-state index is 12.0. The van der Waals surface area contributed by atoms with E-state index in [1.54, 1.807) is 4.90 Å². The summed E-state index contributed by atoms with van der Waals surface area (Å²) >= 11 is 0. The summed E-state index contributed by atoms with van der Waals surface area (Å²) in [6.07, 6.45) is 1.66. The second-order valence-corrected chi connectivity index (χ2v) is 5.51. The van der Waals surface area contributed by atoms with E-state index in [-0.39, 0.29) is 24.7 Å². The number of allylic oxidation sites excluding steroid dienone is 1. The highest BCUT2D eigenvalue weighted by molar-refractivity contribution is 5.70. The second-order valence-electron chi connectivity index (χ2n) is 5.51. The minimum atomic E-state index is -0.501. The van der Waals surface area contributed by atoms with Crippen LogP contribution in [0.5, 0.6) is 0 Å². The summed E-state index contributed by atoms with van der Waals surface area (Å²) in [5.41, 5.74) is 0.675. The van der Waals surface area contributed by atoms with Crippen LogP contribution in [0.3, 0.4) is 0 Å². The topological polar surface area (TPSA) is 49.8 Å². The van der Waals surface area contributed by atoms with Gasteiger partial charge < -0.3 is 9.84 Å². The number of nitrogens with zero attached hydrogens (tertiary/aromatic N) is 1. The van der Waals surface area contributed by atoms with E-state index in [4.69, 9.17) is 4.74 Å². The Morgan fingerprint density at radius 3 is 2.59 bits per heavy atom. The normalized spacial score (nSPS) is 27.6. The lowest BCUT2D eigenvalue weighted by Crippen LogP contribution is -2.42. The van der Waals surface area contributed by atoms with Gasteiger partial charge in [-0.15, -0.1) is 0 Å². The highest BCUT2D eigenvalue weighted by Crippen LogP contribution is 2.30. The van der Waals surface area contributed by atoms with Crippen LogP contribution in [0.1, 0.15) is 34.6 Å². The van der Waals surface area contributed by atoms with Gasteiger partial charge in [0.1, 0.15) is 5.60 Å². The average Bonchev–Trinajstić information content (AvgIpc) is 2.52. The van der Waals surface area contributed by atoms with E-state index in [0.717, 1.165) is 0 Å². The van der Waals surface area contributed by atoms with Crippen molar-refractivity contribution in [1.82, 2.24) is 4.90 Å². The summed E-state index contributed by atoms with van der Waals surface area (Å²) in [4.78, 5) is 13.6. The molecule has 0 bridgehead atoms. The van der Waals surface area contributed by atoms with Gasteiger partial charge in [-0.3, -0.25) is 4.90 Å². The summed E-state index contributed by atoms with van der Waals surface area (Å²) < 4.78 is 5.34. The number of hydrogen-bond donors (Lipinski definition) is 1. The Hall–Kier alpha value is -1.03. The third kappa shape index (κ3) is 3.22. The van der Waals surface area contributed by atoms with Crippen LogP contribution in [0, 0.1) is 5.92 Å². The maximum absolute atomic E-state index is 12.0. The first kappa shape index (κ1) is 14.0. The highest BCUT2D eigenvalue weighted by Gasteiger charge is 2.38. The largest absolute Gasteiger partial charge is 0.444 e. The van der Waals surface area contributed by atoms with Crippen LogP contribution in [0.15, 0.2) is 11.6 Å². The van der Waals surface area contributed by atoms with E-state index >= 15 is 0 Å². The molecule has 0 aromatic rings. The van der Waals surface area contributed by atoms with Crippen molar-refractivity contribution in [1.29, 1.82) is 0 Å². The molecule has 1 heterocycles. The fourth-order valence-corrected chi connectivity index (χ4v) is 2.11. The quantitative estimate of drug-likeness (QED) is 0.716. The second kappa shape index (κ2) is 5.08. The third-order valence-electron chi connectivity index (χ3n) is 3.10. The van der Waals surface area contributed by atoms with E-state index in [1.807, 2.05) is 40.7 Å². The zero-order valence-corrected chi connectivity index (χ0v) is 11.4. The summed E-state index contributed by atoms with van der Waals surface area (Å²) in [5.74, 6) is 0.192. The van der Waals surface area contributed by atoms with Gasteiger partial charge in [-0.05, 0) is 27.7 Å². The van der Waals surface area contributed by atoms with Crippen LogP contribution in [0.2, 0.25) is 0 Å². The van der Waals surface area contributed by atoms with E-state index in [1.165, 1.54) is 5.57 Å². The van der Waals surface area contributed by atoms with Crippen molar-refractivity contribution in [2.24, 2.45) is 5.92 Å². The Labute approximate surface area is 103 Å². The first-order chi connectivity index (χ1) is 7.80. The molecule has 0 spiro atoms. The Morgan fingerprint density at radius 1 is 1.59 bits per heavy atom. The van der Waals surface area contributed by atoms with E-state index < -0.39 is 5.60 Å². The molecule has 1 amide bonds. The average molecular weight is 241 g/mol. The zero-order chi connectivity index (χ0) is 13.2. The van der Waals surface area contributed by atoms with E-state index in [0.29, 0.717) is 6.54 Å². The lowest BCUT2D eigenvalue weighted by Gasteiger charge is -2.28. The molecule has 1 fully saturated rings. The van der Waals surface area contributed by atoms with Gasteiger partial charge in [-0.2, -0.15) is 0 Å². The van der Waals surface area contributed by atoms with Crippen molar-refractivity contribution in [3.8, 4) is 0 Å². The number of aliphatic hydroxyl groups is 1. The molecule has 0 unspecified atom stereocenters. The standard InChI is InChI=1S/C13H23NO3/c1-6-10-7-14(11(8-15)9(10)2)12(16)17-13(3,4)5/h6,9,11,15H,7-8H2,1-5H3/b10-6+/t9-,11+/m1/s1. The third-order valence-corrected chi connectivity index (χ3v) is 3.10. The molecule has 2 atom stereocenters. The monoisotopic (exact) mass is 241 g/mol. The highest BCUT2D eigenvalue weighted by atomic mass is 16.6. The van der Waals surface area contributed by atoms with Crippen molar-refractivity contribution < 1.29 is 14.6 Å². The number of ether oxygens (including phenoxy) is 1. The summed E-state index contributed by atoms with van der Waals surface area (Å²) in [6, 6.07) is -0.170. The molecule has 4 heteroatoms. The van der Waals surface area contributed by atoms with Gasteiger partial charge in [-0.1, -0.05) is 18.6 Å². The lowest BCUT2D eigenvalue weighted by molar-refractivity contribution is 0.0151. The Morgan fingerprint density at radius 2 is 2.18 bits per heavy atom. The molecule has 17 heavy (non-hydrogen) atoms. The van der Waals surface area contributed by atoms with Gasteiger partial charge in [0.15, 0.2) is 0 Å². The Kier molecular flexibility index (Phi) is 4.20. The Balaban J connectivity index is 2.80. The first-order valence-corrected chi connectivity index (χ1v) is 6.05. The Bertz CT molecular complexity index is 317. The van der Waals surface area contributed by atoms with Crippen LogP contribution in [0.4, 0.5) is 4.79 Å². The molecule has 4 nitrogen and oxygen atoms in total. The summed E-state index contributed by atoms with van der Waals surface area (Å²) in [6.45, 7) is 10.0. The van der Waals surface area contributed by atoms with Crippen LogP contribution in [0.25, 0.3) is 0 Å². The SMILES string of the molecule is C/C=C1\CN(C(=O)OC(C)(C)C)[C@@H](CO)[C@@H]1C. The van der Waals surface area contributed by atoms with Crippen molar-refractivity contribution in [2.45, 2.75) is 46.3 Å². The number of carbonyl (C=O) groups excluding carboxylic acids is 1. The zero-order valence-electron chi connectivity index (χ0n) is 11.4. The maximum Gasteiger partial charge on any atom is 0.410 e. The van der Waals surface area contributed by atoms with Gasteiger partial charge in [0.25, 0.3) is 0 Å². The number of carbonyl (C=O) groups is 1. The number of hydrogen-bond acceptors (Lipinski definition) is 3. The van der Waals surface area contributed by atoms with Crippen molar-refractivity contribution in [2.75, 3.05) is 13.2 Å². The lowest BCUT2D eigenvalue weighted by atomic mass is 9.99. The molecule has 0 aromatic heterocycles. The fourth-order valence-electron chi connectivity index (χ4n) is 2.11. The number of rotatable bonds is 1. The molecular formula is C13H23NO3. The minimum absolute atomic E-state index is 0.0300. The smallest absolute Gasteiger partial charge is 0.410 e. The summed E-state index contributed by atoms with van der Waals surface area (Å²) in [7, 11) is 0. The molecule has 0 aromatic carbocycles. The van der Waals surface area contributed by atoms with Crippen molar-refractivity contribution in [3.63, 3.8) is 0 Å². The van der Waals surface area contributed by atoms with E-state index in [2.05, 4.69) is 0 Å². The number of likely N-dealkylation sites (tertiary alicyclic amines) is 1. The number of amides is 1. The molecule has 1 aliphatic rings. The molecule has 98 valence electrons. The van der Waals surface area contributed by atoms with Crippen molar-refractivity contribution >= 4 is 6.09 Å². The van der Waals surface area contributed by atoms with Gasteiger partial charge in [0.2, 0.25) is 0 Å². The molecule has 0 aliphatic carbocycles. The molecule has 1 aliphatic heterocycles. The molecule has 0 radical (unpaired) electrons. The fraction of sp³-hybridized carbons (Fsp3) is 0.769. The van der Waals surface area contributed by atoms with Gasteiger partial charge in [0, 0.05) is 12.5 Å².